The fourth-order valence-corrected chi connectivity index (χ4v) is 3.73. The first-order chi connectivity index (χ1) is 8.70. The highest BCUT2D eigenvalue weighted by Gasteiger charge is 2.17. The molecule has 0 aliphatic heterocycles. The van der Waals surface area contributed by atoms with E-state index >= 15 is 0 Å². The number of nitrogens with one attached hydrogen (secondary N) is 1. The van der Waals surface area contributed by atoms with Crippen LogP contribution in [0.4, 0.5) is 0 Å². The van der Waals surface area contributed by atoms with Gasteiger partial charge in [0.2, 0.25) is 0 Å². The third-order valence-electron chi connectivity index (χ3n) is 3.32. The highest BCUT2D eigenvalue weighted by Crippen LogP contribution is 2.36. The number of hydrogen-bond donors (Lipinski definition) is 2. The van der Waals surface area contributed by atoms with Crippen molar-refractivity contribution in [2.45, 2.75) is 42.2 Å². The van der Waals surface area contributed by atoms with Gasteiger partial charge in [-0.05, 0) is 31.0 Å². The number of amidine groups is 1. The Balaban J connectivity index is 2.19. The molecule has 0 spiro atoms. The first-order valence-electron chi connectivity index (χ1n) is 6.40. The van der Waals surface area contributed by atoms with Crippen LogP contribution in [-0.4, -0.2) is 18.2 Å². The maximum atomic E-state index is 7.64. The Morgan fingerprint density at radius 2 is 2.06 bits per heavy atom. The van der Waals surface area contributed by atoms with Crippen molar-refractivity contribution in [3.05, 3.63) is 23.8 Å². The van der Waals surface area contributed by atoms with Gasteiger partial charge in [0.1, 0.15) is 11.6 Å². The smallest absolute Gasteiger partial charge is 0.123 e. The minimum absolute atomic E-state index is 0.135. The second-order valence-corrected chi connectivity index (χ2v) is 6.00. The number of rotatable bonds is 4. The largest absolute Gasteiger partial charge is 0.497 e. The van der Waals surface area contributed by atoms with Gasteiger partial charge in [0, 0.05) is 15.7 Å². The van der Waals surface area contributed by atoms with Gasteiger partial charge in [-0.1, -0.05) is 19.3 Å². The summed E-state index contributed by atoms with van der Waals surface area (Å²) in [6, 6.07) is 5.74. The molecule has 98 valence electrons. The fourth-order valence-electron chi connectivity index (χ4n) is 2.31. The lowest BCUT2D eigenvalue weighted by atomic mass is 10.0. The maximum Gasteiger partial charge on any atom is 0.123 e. The number of nitrogen functional groups attached to an aromatic ring is 1. The minimum Gasteiger partial charge on any atom is -0.497 e. The Labute approximate surface area is 113 Å². The molecular formula is C14H20N2OS. The normalized spacial score (nSPS) is 16.5. The molecule has 1 fully saturated rings. The van der Waals surface area contributed by atoms with E-state index in [1.807, 2.05) is 30.0 Å². The van der Waals surface area contributed by atoms with Gasteiger partial charge < -0.3 is 10.5 Å². The number of methoxy groups -OCH3 is 1. The number of thioether (sulfide) groups is 1. The molecule has 0 radical (unpaired) electrons. The molecular weight excluding hydrogens is 244 g/mol. The summed E-state index contributed by atoms with van der Waals surface area (Å²) in [5.74, 6) is 0.967. The molecule has 3 N–H and O–H groups in total. The monoisotopic (exact) mass is 264 g/mol. The second-order valence-electron chi connectivity index (χ2n) is 4.65. The standard InChI is InChI=1S/C14H20N2OS/c1-17-10-7-8-12(14(15)16)13(9-10)18-11-5-3-2-4-6-11/h7-9,11H,2-6H2,1H3,(H3,15,16). The van der Waals surface area contributed by atoms with Crippen molar-refractivity contribution in [2.75, 3.05) is 7.11 Å². The number of benzene rings is 1. The highest BCUT2D eigenvalue weighted by atomic mass is 32.2. The van der Waals surface area contributed by atoms with Gasteiger partial charge in [-0.15, -0.1) is 11.8 Å². The summed E-state index contributed by atoms with van der Waals surface area (Å²) in [6.07, 6.45) is 6.52. The van der Waals surface area contributed by atoms with Gasteiger partial charge in [0.15, 0.2) is 0 Å². The van der Waals surface area contributed by atoms with E-state index in [4.69, 9.17) is 15.9 Å². The van der Waals surface area contributed by atoms with Crippen LogP contribution < -0.4 is 10.5 Å². The van der Waals surface area contributed by atoms with Crippen molar-refractivity contribution >= 4 is 17.6 Å². The molecule has 0 atom stereocenters. The Bertz CT molecular complexity index is 428. The molecule has 1 saturated carbocycles. The van der Waals surface area contributed by atoms with Crippen LogP contribution in [0.5, 0.6) is 5.75 Å². The molecule has 0 saturated heterocycles. The number of nitrogens with two attached hydrogens (primary N) is 1. The van der Waals surface area contributed by atoms with Gasteiger partial charge in [0.25, 0.3) is 0 Å². The zero-order valence-corrected chi connectivity index (χ0v) is 11.6. The first kappa shape index (κ1) is 13.3. The molecule has 1 aromatic carbocycles. The third-order valence-corrected chi connectivity index (χ3v) is 4.72. The fraction of sp³-hybridized carbons (Fsp3) is 0.500. The average molecular weight is 264 g/mol. The molecule has 0 unspecified atom stereocenters. The van der Waals surface area contributed by atoms with E-state index in [1.54, 1.807) is 7.11 Å². The van der Waals surface area contributed by atoms with Crippen molar-refractivity contribution in [1.82, 2.24) is 0 Å². The lowest BCUT2D eigenvalue weighted by Crippen LogP contribution is -2.14. The van der Waals surface area contributed by atoms with Crippen LogP contribution >= 0.6 is 11.8 Å². The van der Waals surface area contributed by atoms with Crippen molar-refractivity contribution in [3.8, 4) is 5.75 Å². The highest BCUT2D eigenvalue weighted by molar-refractivity contribution is 8.00. The molecule has 0 heterocycles. The summed E-state index contributed by atoms with van der Waals surface area (Å²) >= 11 is 1.85. The van der Waals surface area contributed by atoms with Crippen LogP contribution in [0.2, 0.25) is 0 Å². The molecule has 0 bridgehead atoms. The predicted molar refractivity (Wildman–Crippen MR) is 76.7 cm³/mol. The summed E-state index contributed by atoms with van der Waals surface area (Å²) in [5, 5.41) is 8.30. The molecule has 1 aliphatic carbocycles. The molecule has 1 aliphatic rings. The quantitative estimate of drug-likeness (QED) is 0.647. The molecule has 18 heavy (non-hydrogen) atoms. The van der Waals surface area contributed by atoms with Crippen molar-refractivity contribution in [3.63, 3.8) is 0 Å². The summed E-state index contributed by atoms with van der Waals surface area (Å²) in [4.78, 5) is 1.08. The van der Waals surface area contributed by atoms with Crippen LogP contribution in [0.1, 0.15) is 37.7 Å². The summed E-state index contributed by atoms with van der Waals surface area (Å²) in [6.45, 7) is 0. The predicted octanol–water partition coefficient (Wildman–Crippen LogP) is 3.40. The average Bonchev–Trinajstić information content (AvgIpc) is 2.39. The van der Waals surface area contributed by atoms with E-state index in [2.05, 4.69) is 0 Å². The van der Waals surface area contributed by atoms with E-state index in [-0.39, 0.29) is 5.84 Å². The molecule has 1 aromatic rings. The van der Waals surface area contributed by atoms with Crippen LogP contribution in [0.25, 0.3) is 0 Å². The summed E-state index contributed by atoms with van der Waals surface area (Å²) in [7, 11) is 1.66. The van der Waals surface area contributed by atoms with E-state index < -0.39 is 0 Å². The SMILES string of the molecule is COc1ccc(C(=N)N)c(SC2CCCCC2)c1. The molecule has 3 nitrogen and oxygen atoms in total. The Morgan fingerprint density at radius 3 is 2.67 bits per heavy atom. The van der Waals surface area contributed by atoms with Crippen LogP contribution in [-0.2, 0) is 0 Å². The zero-order chi connectivity index (χ0) is 13.0. The van der Waals surface area contributed by atoms with Crippen molar-refractivity contribution in [2.24, 2.45) is 5.73 Å². The van der Waals surface area contributed by atoms with Gasteiger partial charge in [-0.2, -0.15) is 0 Å². The van der Waals surface area contributed by atoms with Crippen LogP contribution in [0.3, 0.4) is 0 Å². The Morgan fingerprint density at radius 1 is 1.33 bits per heavy atom. The molecule has 4 heteroatoms. The van der Waals surface area contributed by atoms with Crippen LogP contribution in [0, 0.1) is 5.41 Å². The van der Waals surface area contributed by atoms with E-state index in [1.165, 1.54) is 32.1 Å². The van der Waals surface area contributed by atoms with Crippen molar-refractivity contribution < 1.29 is 4.74 Å². The molecule has 0 amide bonds. The molecule has 2 rings (SSSR count). The Hall–Kier alpha value is -1.16. The van der Waals surface area contributed by atoms with E-state index in [0.717, 1.165) is 16.2 Å². The second kappa shape index (κ2) is 6.14. The van der Waals surface area contributed by atoms with Gasteiger partial charge >= 0.3 is 0 Å². The first-order valence-corrected chi connectivity index (χ1v) is 7.28. The minimum atomic E-state index is 0.135. The van der Waals surface area contributed by atoms with E-state index in [9.17, 15) is 0 Å². The van der Waals surface area contributed by atoms with Gasteiger partial charge in [-0.25, -0.2) is 0 Å². The number of hydrogen-bond acceptors (Lipinski definition) is 3. The maximum absolute atomic E-state index is 7.64. The Kier molecular flexibility index (Phi) is 4.53. The summed E-state index contributed by atoms with van der Waals surface area (Å²) < 4.78 is 5.25. The van der Waals surface area contributed by atoms with Gasteiger partial charge in [0.05, 0.1) is 7.11 Å². The topological polar surface area (TPSA) is 59.1 Å². The zero-order valence-electron chi connectivity index (χ0n) is 10.7. The van der Waals surface area contributed by atoms with Crippen molar-refractivity contribution in [1.29, 1.82) is 5.41 Å². The van der Waals surface area contributed by atoms with Crippen LogP contribution in [0.15, 0.2) is 23.1 Å². The lowest BCUT2D eigenvalue weighted by Gasteiger charge is -2.22. The number of ether oxygens (including phenoxy) is 1. The van der Waals surface area contributed by atoms with Gasteiger partial charge in [-0.3, -0.25) is 5.41 Å². The summed E-state index contributed by atoms with van der Waals surface area (Å²) in [5.41, 5.74) is 6.47. The van der Waals surface area contributed by atoms with E-state index in [0.29, 0.717) is 5.25 Å². The lowest BCUT2D eigenvalue weighted by molar-refractivity contribution is 0.413. The molecule has 0 aromatic heterocycles. The third kappa shape index (κ3) is 3.19.